The molecule has 2 heterocycles. The number of nitrogens with zero attached hydrogens (tertiary/aromatic N) is 2. The van der Waals surface area contributed by atoms with Crippen LogP contribution in [0.3, 0.4) is 0 Å². The van der Waals surface area contributed by atoms with Gasteiger partial charge >= 0.3 is 0 Å². The van der Waals surface area contributed by atoms with E-state index in [1.807, 2.05) is 0 Å². The van der Waals surface area contributed by atoms with Crippen LogP contribution in [0.25, 0.3) is 10.2 Å². The van der Waals surface area contributed by atoms with Gasteiger partial charge in [-0.3, -0.25) is 14.4 Å². The molecule has 1 aromatic carbocycles. The van der Waals surface area contributed by atoms with Gasteiger partial charge in [-0.15, -0.1) is 11.3 Å². The van der Waals surface area contributed by atoms with Crippen molar-refractivity contribution in [2.75, 3.05) is 24.7 Å². The van der Waals surface area contributed by atoms with Crippen molar-refractivity contribution in [3.05, 3.63) is 50.1 Å². The Labute approximate surface area is 192 Å². The Morgan fingerprint density at radius 3 is 2.87 bits per heavy atom. The molecule has 0 bridgehead atoms. The van der Waals surface area contributed by atoms with Gasteiger partial charge in [0.05, 0.1) is 28.4 Å². The van der Waals surface area contributed by atoms with Gasteiger partial charge < -0.3 is 15.2 Å². The Balaban J connectivity index is 1.37. The third-order valence-corrected chi connectivity index (χ3v) is 7.46. The first-order chi connectivity index (χ1) is 14.9. The van der Waals surface area contributed by atoms with E-state index in [2.05, 4.69) is 15.3 Å². The molecule has 2 amide bonds. The minimum absolute atomic E-state index is 0.0649. The van der Waals surface area contributed by atoms with Crippen LogP contribution >= 0.6 is 34.7 Å². The van der Waals surface area contributed by atoms with E-state index < -0.39 is 0 Å². The second-order valence-corrected chi connectivity index (χ2v) is 9.78. The molecule has 1 aliphatic carbocycles. The summed E-state index contributed by atoms with van der Waals surface area (Å²) in [6.45, 7) is -0.106. The first kappa shape index (κ1) is 21.9. The van der Waals surface area contributed by atoms with E-state index in [1.165, 1.54) is 9.78 Å². The molecule has 1 aliphatic rings. The number of carbonyl (C=O) groups is 2. The molecule has 0 atom stereocenters. The normalized spacial score (nSPS) is 13.1. The van der Waals surface area contributed by atoms with Gasteiger partial charge in [0, 0.05) is 11.9 Å². The van der Waals surface area contributed by atoms with Crippen LogP contribution in [0.1, 0.15) is 23.3 Å². The number of likely N-dealkylation sites (N-methyl/N-ethyl adjacent to an activating group) is 1. The number of carbonyl (C=O) groups excluding carboxylic acids is 2. The number of aromatic amines is 1. The van der Waals surface area contributed by atoms with Gasteiger partial charge in [0.15, 0.2) is 5.16 Å². The van der Waals surface area contributed by atoms with Crippen LogP contribution in [0.5, 0.6) is 0 Å². The fourth-order valence-corrected chi connectivity index (χ4v) is 5.81. The zero-order valence-electron chi connectivity index (χ0n) is 16.9. The fraction of sp³-hybridized carbons (Fsp3) is 0.333. The molecule has 7 nitrogen and oxygen atoms in total. The highest BCUT2D eigenvalue weighted by molar-refractivity contribution is 7.99. The van der Waals surface area contributed by atoms with E-state index in [0.717, 1.165) is 47.8 Å². The lowest BCUT2D eigenvalue weighted by Gasteiger charge is -2.16. The van der Waals surface area contributed by atoms with E-state index in [0.29, 0.717) is 21.3 Å². The van der Waals surface area contributed by atoms with E-state index in [9.17, 15) is 14.4 Å². The van der Waals surface area contributed by atoms with Crippen molar-refractivity contribution in [3.63, 3.8) is 0 Å². The molecule has 31 heavy (non-hydrogen) atoms. The maximum atomic E-state index is 12.6. The molecule has 0 saturated carbocycles. The summed E-state index contributed by atoms with van der Waals surface area (Å²) in [5, 5.41) is 4.24. The molecule has 0 saturated heterocycles. The minimum Gasteiger partial charge on any atom is -0.336 e. The summed E-state index contributed by atoms with van der Waals surface area (Å²) < 4.78 is 0. The molecule has 0 aliphatic heterocycles. The maximum absolute atomic E-state index is 12.6. The fourth-order valence-electron chi connectivity index (χ4n) is 3.51. The summed E-state index contributed by atoms with van der Waals surface area (Å²) in [7, 11) is 1.56. The SMILES string of the molecule is CN(CC(=O)Nc1ccccc1Cl)C(=O)CSc1nc2sc3c(c2c(=O)[nH]1)CCCC3. The molecule has 10 heteroatoms. The summed E-state index contributed by atoms with van der Waals surface area (Å²) >= 11 is 8.78. The van der Waals surface area contributed by atoms with Gasteiger partial charge in [0.25, 0.3) is 5.56 Å². The van der Waals surface area contributed by atoms with Crippen molar-refractivity contribution < 1.29 is 9.59 Å². The number of halogens is 1. The van der Waals surface area contributed by atoms with E-state index in [4.69, 9.17) is 11.6 Å². The number of para-hydroxylation sites is 1. The lowest BCUT2D eigenvalue weighted by atomic mass is 9.97. The number of nitrogens with one attached hydrogen (secondary N) is 2. The average molecular weight is 477 g/mol. The second-order valence-electron chi connectivity index (χ2n) is 7.33. The Kier molecular flexibility index (Phi) is 6.64. The van der Waals surface area contributed by atoms with Gasteiger partial charge in [-0.2, -0.15) is 0 Å². The highest BCUT2D eigenvalue weighted by Crippen LogP contribution is 2.34. The molecule has 0 spiro atoms. The lowest BCUT2D eigenvalue weighted by Crippen LogP contribution is -2.36. The minimum atomic E-state index is -0.342. The molecule has 2 aromatic heterocycles. The van der Waals surface area contributed by atoms with Crippen LogP contribution in [0, 0.1) is 0 Å². The van der Waals surface area contributed by atoms with Crippen molar-refractivity contribution in [3.8, 4) is 0 Å². The molecular formula is C21H21ClN4O3S2. The van der Waals surface area contributed by atoms with Crippen LogP contribution in [0.15, 0.2) is 34.2 Å². The number of thioether (sulfide) groups is 1. The number of benzene rings is 1. The highest BCUT2D eigenvalue weighted by atomic mass is 35.5. The Morgan fingerprint density at radius 2 is 2.06 bits per heavy atom. The molecule has 0 radical (unpaired) electrons. The number of H-pyrrole nitrogens is 1. The van der Waals surface area contributed by atoms with E-state index >= 15 is 0 Å². The number of thiophene rings is 1. The molecule has 4 rings (SSSR count). The van der Waals surface area contributed by atoms with Crippen molar-refractivity contribution in [1.82, 2.24) is 14.9 Å². The van der Waals surface area contributed by atoms with Crippen LogP contribution < -0.4 is 10.9 Å². The van der Waals surface area contributed by atoms with Gasteiger partial charge in [0.2, 0.25) is 11.8 Å². The van der Waals surface area contributed by atoms with Crippen LogP contribution in [-0.2, 0) is 22.4 Å². The summed E-state index contributed by atoms with van der Waals surface area (Å²) in [4.78, 5) is 47.9. The van der Waals surface area contributed by atoms with E-state index in [-0.39, 0.29) is 29.7 Å². The van der Waals surface area contributed by atoms with Crippen molar-refractivity contribution in [1.29, 1.82) is 0 Å². The number of fused-ring (bicyclic) bond motifs is 3. The van der Waals surface area contributed by atoms with Crippen molar-refractivity contribution in [2.24, 2.45) is 0 Å². The largest absolute Gasteiger partial charge is 0.336 e. The van der Waals surface area contributed by atoms with Gasteiger partial charge in [-0.25, -0.2) is 4.98 Å². The molecule has 162 valence electrons. The predicted octanol–water partition coefficient (Wildman–Crippen LogP) is 3.71. The topological polar surface area (TPSA) is 95.2 Å². The third kappa shape index (κ3) is 4.94. The standard InChI is InChI=1S/C21H21ClN4O3S2/c1-26(10-16(27)23-14-8-4-3-7-13(14)22)17(28)11-30-21-24-19(29)18-12-6-2-5-9-15(12)31-20(18)25-21/h3-4,7-8H,2,5-6,9-11H2,1H3,(H,23,27)(H,24,25,29). The summed E-state index contributed by atoms with van der Waals surface area (Å²) in [6, 6.07) is 6.91. The Hall–Kier alpha value is -2.36. The Morgan fingerprint density at radius 1 is 1.29 bits per heavy atom. The number of hydrogen-bond donors (Lipinski definition) is 2. The monoisotopic (exact) mass is 476 g/mol. The zero-order chi connectivity index (χ0) is 22.0. The highest BCUT2D eigenvalue weighted by Gasteiger charge is 2.20. The molecule has 0 unspecified atom stereocenters. The van der Waals surface area contributed by atoms with Crippen LogP contribution in [-0.4, -0.2) is 46.0 Å². The van der Waals surface area contributed by atoms with Crippen LogP contribution in [0.2, 0.25) is 5.02 Å². The smallest absolute Gasteiger partial charge is 0.260 e. The molecule has 0 fully saturated rings. The average Bonchev–Trinajstić information content (AvgIpc) is 3.12. The van der Waals surface area contributed by atoms with Gasteiger partial charge in [-0.1, -0.05) is 35.5 Å². The predicted molar refractivity (Wildman–Crippen MR) is 125 cm³/mol. The summed E-state index contributed by atoms with van der Waals surface area (Å²) in [6.07, 6.45) is 4.16. The third-order valence-electron chi connectivity index (χ3n) is 5.09. The number of hydrogen-bond acceptors (Lipinski definition) is 6. The van der Waals surface area contributed by atoms with Gasteiger partial charge in [-0.05, 0) is 43.4 Å². The number of amides is 2. The van der Waals surface area contributed by atoms with Crippen molar-refractivity contribution in [2.45, 2.75) is 30.8 Å². The maximum Gasteiger partial charge on any atom is 0.260 e. The second kappa shape index (κ2) is 9.42. The first-order valence-electron chi connectivity index (χ1n) is 9.88. The van der Waals surface area contributed by atoms with Crippen molar-refractivity contribution >= 4 is 62.4 Å². The summed E-state index contributed by atoms with van der Waals surface area (Å²) in [5.74, 6) is -0.520. The van der Waals surface area contributed by atoms with Crippen LogP contribution in [0.4, 0.5) is 5.69 Å². The molecule has 2 N–H and O–H groups in total. The number of rotatable bonds is 6. The quantitative estimate of drug-likeness (QED) is 0.417. The zero-order valence-corrected chi connectivity index (χ0v) is 19.3. The number of aryl methyl sites for hydroxylation is 2. The number of aromatic nitrogens is 2. The lowest BCUT2D eigenvalue weighted by molar-refractivity contribution is -0.131. The Bertz CT molecular complexity index is 1210. The molecule has 3 aromatic rings. The van der Waals surface area contributed by atoms with Gasteiger partial charge in [0.1, 0.15) is 4.83 Å². The molecular weight excluding hydrogens is 456 g/mol. The first-order valence-corrected chi connectivity index (χ1v) is 12.1. The number of anilines is 1. The summed E-state index contributed by atoms with van der Waals surface area (Å²) in [5.41, 5.74) is 1.49. The van der Waals surface area contributed by atoms with E-state index in [1.54, 1.807) is 42.6 Å².